The van der Waals surface area contributed by atoms with E-state index in [-0.39, 0.29) is 18.3 Å². The summed E-state index contributed by atoms with van der Waals surface area (Å²) < 4.78 is 1.92. The molecule has 25 heavy (non-hydrogen) atoms. The Morgan fingerprint density at radius 3 is 2.84 bits per heavy atom. The molecule has 0 unspecified atom stereocenters. The average molecular weight is 382 g/mol. The highest BCUT2D eigenvalue weighted by Crippen LogP contribution is 2.32. The van der Waals surface area contributed by atoms with Crippen LogP contribution in [-0.2, 0) is 6.42 Å². The number of benzene rings is 1. The Morgan fingerprint density at radius 2 is 2.08 bits per heavy atom. The van der Waals surface area contributed by atoms with Gasteiger partial charge in [-0.25, -0.2) is 4.68 Å². The SMILES string of the molecule is Cc1c(C(=O)N2CCc3ccc(Cl)cc32)nnn1C1CCNCC1.Cl. The predicted molar refractivity (Wildman–Crippen MR) is 100.0 cm³/mol. The van der Waals surface area contributed by atoms with Crippen LogP contribution in [0.2, 0.25) is 5.02 Å². The Bertz CT molecular complexity index is 785. The monoisotopic (exact) mass is 381 g/mol. The summed E-state index contributed by atoms with van der Waals surface area (Å²) in [5.41, 5.74) is 3.34. The van der Waals surface area contributed by atoms with E-state index in [9.17, 15) is 4.79 Å². The Morgan fingerprint density at radius 1 is 1.32 bits per heavy atom. The standard InChI is InChI=1S/C17H20ClN5O.ClH/c1-11-16(20-21-23(11)14-4-7-19-8-5-14)17(24)22-9-6-12-2-3-13(18)10-15(12)22;/h2-3,10,14,19H,4-9H2,1H3;1H. The maximum absolute atomic E-state index is 13.0. The third kappa shape index (κ3) is 3.26. The number of amides is 1. The number of aromatic nitrogens is 3. The Kier molecular flexibility index (Phi) is 5.32. The molecular formula is C17H21Cl2N5O. The second kappa shape index (κ2) is 7.32. The third-order valence-electron chi connectivity index (χ3n) is 4.97. The molecule has 0 atom stereocenters. The van der Waals surface area contributed by atoms with Gasteiger partial charge in [-0.3, -0.25) is 4.79 Å². The van der Waals surface area contributed by atoms with Crippen molar-refractivity contribution in [1.82, 2.24) is 20.3 Å². The van der Waals surface area contributed by atoms with Gasteiger partial charge in [0.05, 0.1) is 11.7 Å². The van der Waals surface area contributed by atoms with Gasteiger partial charge in [-0.05, 0) is 57.0 Å². The molecule has 1 fully saturated rings. The molecule has 0 aliphatic carbocycles. The van der Waals surface area contributed by atoms with Gasteiger partial charge in [0, 0.05) is 17.3 Å². The van der Waals surface area contributed by atoms with Gasteiger partial charge in [-0.1, -0.05) is 22.9 Å². The number of nitrogens with one attached hydrogen (secondary N) is 1. The van der Waals surface area contributed by atoms with Crippen molar-refractivity contribution < 1.29 is 4.79 Å². The molecule has 2 aliphatic heterocycles. The van der Waals surface area contributed by atoms with Crippen molar-refractivity contribution in [1.29, 1.82) is 0 Å². The summed E-state index contributed by atoms with van der Waals surface area (Å²) in [5.74, 6) is -0.0892. The second-order valence-corrected chi connectivity index (χ2v) is 6.87. The Balaban J connectivity index is 0.00000182. The zero-order chi connectivity index (χ0) is 16.7. The van der Waals surface area contributed by atoms with E-state index in [0.29, 0.717) is 23.3 Å². The lowest BCUT2D eigenvalue weighted by molar-refractivity contribution is 0.0984. The molecule has 2 aliphatic rings. The van der Waals surface area contributed by atoms with E-state index in [0.717, 1.165) is 49.3 Å². The molecule has 0 bridgehead atoms. The molecule has 134 valence electrons. The molecule has 1 N–H and O–H groups in total. The van der Waals surface area contributed by atoms with Crippen molar-refractivity contribution in [2.75, 3.05) is 24.5 Å². The lowest BCUT2D eigenvalue weighted by Crippen LogP contribution is -2.31. The summed E-state index contributed by atoms with van der Waals surface area (Å²) in [6.07, 6.45) is 2.87. The van der Waals surface area contributed by atoms with Crippen LogP contribution in [0, 0.1) is 6.92 Å². The van der Waals surface area contributed by atoms with E-state index in [1.54, 1.807) is 4.90 Å². The minimum atomic E-state index is -0.0892. The maximum atomic E-state index is 13.0. The third-order valence-corrected chi connectivity index (χ3v) is 5.21. The molecule has 8 heteroatoms. The normalized spacial score (nSPS) is 17.3. The first kappa shape index (κ1) is 18.2. The molecule has 0 saturated carbocycles. The number of piperidine rings is 1. The van der Waals surface area contributed by atoms with Crippen molar-refractivity contribution in [3.8, 4) is 0 Å². The molecule has 3 heterocycles. The van der Waals surface area contributed by atoms with E-state index in [2.05, 4.69) is 15.6 Å². The number of nitrogens with zero attached hydrogens (tertiary/aromatic N) is 4. The minimum absolute atomic E-state index is 0. The van der Waals surface area contributed by atoms with Crippen molar-refractivity contribution in [2.45, 2.75) is 32.2 Å². The fourth-order valence-electron chi connectivity index (χ4n) is 3.63. The predicted octanol–water partition coefficient (Wildman–Crippen LogP) is 2.79. The number of hydrogen-bond acceptors (Lipinski definition) is 4. The van der Waals surface area contributed by atoms with Crippen LogP contribution in [-0.4, -0.2) is 40.5 Å². The van der Waals surface area contributed by atoms with Crippen LogP contribution >= 0.6 is 24.0 Å². The molecule has 1 saturated heterocycles. The number of fused-ring (bicyclic) bond motifs is 1. The van der Waals surface area contributed by atoms with Crippen molar-refractivity contribution in [3.63, 3.8) is 0 Å². The first-order valence-electron chi connectivity index (χ1n) is 8.38. The summed E-state index contributed by atoms with van der Waals surface area (Å²) in [6.45, 7) is 4.55. The van der Waals surface area contributed by atoms with Gasteiger partial charge in [0.25, 0.3) is 5.91 Å². The molecule has 0 spiro atoms. The average Bonchev–Trinajstić information content (AvgIpc) is 3.18. The number of carbonyl (C=O) groups excluding carboxylic acids is 1. The summed E-state index contributed by atoms with van der Waals surface area (Å²) in [6, 6.07) is 6.03. The topological polar surface area (TPSA) is 63.1 Å². The maximum Gasteiger partial charge on any atom is 0.280 e. The largest absolute Gasteiger partial charge is 0.317 e. The number of carbonyl (C=O) groups is 1. The van der Waals surface area contributed by atoms with E-state index in [4.69, 9.17) is 11.6 Å². The van der Waals surface area contributed by atoms with Crippen molar-refractivity contribution >= 4 is 35.6 Å². The van der Waals surface area contributed by atoms with Gasteiger partial charge < -0.3 is 10.2 Å². The van der Waals surface area contributed by atoms with Crippen molar-refractivity contribution in [3.05, 3.63) is 40.2 Å². The first-order valence-corrected chi connectivity index (χ1v) is 8.76. The van der Waals surface area contributed by atoms with E-state index in [1.165, 1.54) is 0 Å². The molecule has 1 amide bonds. The zero-order valence-electron chi connectivity index (χ0n) is 14.0. The van der Waals surface area contributed by atoms with E-state index < -0.39 is 0 Å². The van der Waals surface area contributed by atoms with Crippen LogP contribution < -0.4 is 10.2 Å². The van der Waals surface area contributed by atoms with Crippen LogP contribution in [0.25, 0.3) is 0 Å². The summed E-state index contributed by atoms with van der Waals surface area (Å²) in [5, 5.41) is 12.5. The lowest BCUT2D eigenvalue weighted by Gasteiger charge is -2.23. The summed E-state index contributed by atoms with van der Waals surface area (Å²) >= 11 is 6.10. The van der Waals surface area contributed by atoms with Gasteiger partial charge in [-0.15, -0.1) is 17.5 Å². The van der Waals surface area contributed by atoms with Crippen LogP contribution in [0.5, 0.6) is 0 Å². The molecule has 6 nitrogen and oxygen atoms in total. The minimum Gasteiger partial charge on any atom is -0.317 e. The molecule has 1 aromatic heterocycles. The molecule has 0 radical (unpaired) electrons. The summed E-state index contributed by atoms with van der Waals surface area (Å²) in [7, 11) is 0. The first-order chi connectivity index (χ1) is 11.6. The molecule has 1 aromatic carbocycles. The fourth-order valence-corrected chi connectivity index (χ4v) is 3.79. The fraction of sp³-hybridized carbons (Fsp3) is 0.471. The van der Waals surface area contributed by atoms with Gasteiger partial charge >= 0.3 is 0 Å². The smallest absolute Gasteiger partial charge is 0.280 e. The van der Waals surface area contributed by atoms with Gasteiger partial charge in [0.15, 0.2) is 5.69 Å². The van der Waals surface area contributed by atoms with Gasteiger partial charge in [0.2, 0.25) is 0 Å². The molecule has 4 rings (SSSR count). The van der Waals surface area contributed by atoms with Crippen LogP contribution in [0.15, 0.2) is 18.2 Å². The zero-order valence-corrected chi connectivity index (χ0v) is 15.6. The Hall–Kier alpha value is -1.63. The highest BCUT2D eigenvalue weighted by molar-refractivity contribution is 6.31. The molecular weight excluding hydrogens is 361 g/mol. The number of anilines is 1. The van der Waals surface area contributed by atoms with Crippen LogP contribution in [0.4, 0.5) is 5.69 Å². The number of hydrogen-bond donors (Lipinski definition) is 1. The summed E-state index contributed by atoms with van der Waals surface area (Å²) in [4.78, 5) is 14.8. The Labute approximate surface area is 157 Å². The highest BCUT2D eigenvalue weighted by atomic mass is 35.5. The van der Waals surface area contributed by atoms with Crippen LogP contribution in [0.1, 0.15) is 40.6 Å². The van der Waals surface area contributed by atoms with E-state index in [1.807, 2.05) is 29.8 Å². The molecule has 2 aromatic rings. The number of halogens is 2. The quantitative estimate of drug-likeness (QED) is 0.868. The highest BCUT2D eigenvalue weighted by Gasteiger charge is 2.30. The second-order valence-electron chi connectivity index (χ2n) is 6.43. The van der Waals surface area contributed by atoms with Crippen molar-refractivity contribution in [2.24, 2.45) is 0 Å². The van der Waals surface area contributed by atoms with E-state index >= 15 is 0 Å². The van der Waals surface area contributed by atoms with Gasteiger partial charge in [0.1, 0.15) is 0 Å². The number of rotatable bonds is 2. The lowest BCUT2D eigenvalue weighted by atomic mass is 10.1. The van der Waals surface area contributed by atoms with Crippen LogP contribution in [0.3, 0.4) is 0 Å². The van der Waals surface area contributed by atoms with Gasteiger partial charge in [-0.2, -0.15) is 0 Å².